The molecule has 0 bridgehead atoms. The summed E-state index contributed by atoms with van der Waals surface area (Å²) in [6.45, 7) is 1.20. The molecule has 3 heterocycles. The summed E-state index contributed by atoms with van der Waals surface area (Å²) in [5, 5.41) is 11.3. The van der Waals surface area contributed by atoms with Crippen molar-refractivity contribution in [3.63, 3.8) is 0 Å². The minimum atomic E-state index is -0.125. The Labute approximate surface area is 180 Å². The van der Waals surface area contributed by atoms with Gasteiger partial charge in [0.25, 0.3) is 5.91 Å². The number of carbonyl (C=O) groups is 2. The van der Waals surface area contributed by atoms with Crippen LogP contribution in [0.4, 0.5) is 10.5 Å². The van der Waals surface area contributed by atoms with Crippen LogP contribution in [0.25, 0.3) is 11.0 Å². The average Bonchev–Trinajstić information content (AvgIpc) is 3.43. The SMILES string of the molecule is CNC(=O)c1cc(C2CC2)nc2c1c(C1CCN(C(=O)Nc3ccccc3)C1)nn2C. The molecule has 2 N–H and O–H groups in total. The lowest BCUT2D eigenvalue weighted by atomic mass is 9.98. The van der Waals surface area contributed by atoms with E-state index in [1.54, 1.807) is 11.7 Å². The number of aromatic nitrogens is 3. The lowest BCUT2D eigenvalue weighted by molar-refractivity contribution is 0.0964. The van der Waals surface area contributed by atoms with Crippen molar-refractivity contribution < 1.29 is 9.59 Å². The first-order chi connectivity index (χ1) is 15.0. The van der Waals surface area contributed by atoms with E-state index in [-0.39, 0.29) is 17.9 Å². The second kappa shape index (κ2) is 7.68. The van der Waals surface area contributed by atoms with Crippen molar-refractivity contribution in [3.05, 3.63) is 53.3 Å². The molecule has 1 aliphatic heterocycles. The van der Waals surface area contributed by atoms with E-state index >= 15 is 0 Å². The molecule has 0 radical (unpaired) electrons. The summed E-state index contributed by atoms with van der Waals surface area (Å²) >= 11 is 0. The Hall–Kier alpha value is -3.42. The molecule has 8 heteroatoms. The van der Waals surface area contributed by atoms with Crippen LogP contribution in [0.15, 0.2) is 36.4 Å². The fourth-order valence-electron chi connectivity index (χ4n) is 4.38. The number of hydrogen-bond acceptors (Lipinski definition) is 4. The summed E-state index contributed by atoms with van der Waals surface area (Å²) in [7, 11) is 3.52. The number of para-hydroxylation sites is 1. The fourth-order valence-corrected chi connectivity index (χ4v) is 4.38. The highest BCUT2D eigenvalue weighted by atomic mass is 16.2. The summed E-state index contributed by atoms with van der Waals surface area (Å²) in [6, 6.07) is 11.3. The number of nitrogens with zero attached hydrogens (tertiary/aromatic N) is 4. The molecule has 1 saturated heterocycles. The molecule has 3 aromatic rings. The summed E-state index contributed by atoms with van der Waals surface area (Å²) in [6.07, 6.45) is 3.03. The molecule has 1 aliphatic carbocycles. The largest absolute Gasteiger partial charge is 0.355 e. The lowest BCUT2D eigenvalue weighted by Gasteiger charge is -2.17. The van der Waals surface area contributed by atoms with E-state index in [0.29, 0.717) is 24.6 Å². The van der Waals surface area contributed by atoms with Crippen molar-refractivity contribution in [1.29, 1.82) is 0 Å². The number of aryl methyl sites for hydroxylation is 1. The van der Waals surface area contributed by atoms with E-state index in [1.165, 1.54) is 0 Å². The highest BCUT2D eigenvalue weighted by molar-refractivity contribution is 6.06. The van der Waals surface area contributed by atoms with Crippen LogP contribution < -0.4 is 10.6 Å². The Morgan fingerprint density at radius 2 is 1.87 bits per heavy atom. The molecular weight excluding hydrogens is 392 g/mol. The van der Waals surface area contributed by atoms with Crippen molar-refractivity contribution in [3.8, 4) is 0 Å². The molecule has 31 heavy (non-hydrogen) atoms. The monoisotopic (exact) mass is 418 g/mol. The second-order valence-electron chi connectivity index (χ2n) is 8.38. The van der Waals surface area contributed by atoms with Crippen LogP contribution in [0, 0.1) is 0 Å². The third-order valence-electron chi connectivity index (χ3n) is 6.20. The normalized spacial score (nSPS) is 18.4. The lowest BCUT2D eigenvalue weighted by Crippen LogP contribution is -2.32. The molecule has 1 unspecified atom stereocenters. The Morgan fingerprint density at radius 1 is 1.10 bits per heavy atom. The summed E-state index contributed by atoms with van der Waals surface area (Å²) < 4.78 is 1.77. The Bertz CT molecular complexity index is 1150. The fraction of sp³-hybridized carbons (Fsp3) is 0.391. The van der Waals surface area contributed by atoms with Crippen LogP contribution in [-0.4, -0.2) is 51.7 Å². The molecule has 3 amide bonds. The number of pyridine rings is 1. The number of rotatable bonds is 4. The van der Waals surface area contributed by atoms with Gasteiger partial charge in [-0.3, -0.25) is 9.48 Å². The van der Waals surface area contributed by atoms with Gasteiger partial charge in [0.05, 0.1) is 16.6 Å². The summed E-state index contributed by atoms with van der Waals surface area (Å²) in [5.74, 6) is 0.372. The van der Waals surface area contributed by atoms with Crippen molar-refractivity contribution >= 4 is 28.7 Å². The maximum atomic E-state index is 12.7. The zero-order valence-corrected chi connectivity index (χ0v) is 17.8. The maximum Gasteiger partial charge on any atom is 0.321 e. The topological polar surface area (TPSA) is 92.2 Å². The van der Waals surface area contributed by atoms with Crippen LogP contribution in [0.1, 0.15) is 52.8 Å². The summed E-state index contributed by atoms with van der Waals surface area (Å²) in [4.78, 5) is 32.1. The average molecular weight is 419 g/mol. The number of fused-ring (bicyclic) bond motifs is 1. The van der Waals surface area contributed by atoms with Crippen molar-refractivity contribution in [2.24, 2.45) is 7.05 Å². The number of nitrogens with one attached hydrogen (secondary N) is 2. The van der Waals surface area contributed by atoms with Crippen LogP contribution in [0.2, 0.25) is 0 Å². The number of anilines is 1. The highest BCUT2D eigenvalue weighted by Gasteiger charge is 2.34. The van der Waals surface area contributed by atoms with E-state index in [4.69, 9.17) is 10.1 Å². The van der Waals surface area contributed by atoms with Crippen LogP contribution >= 0.6 is 0 Å². The second-order valence-corrected chi connectivity index (χ2v) is 8.38. The van der Waals surface area contributed by atoms with Crippen molar-refractivity contribution in [2.45, 2.75) is 31.1 Å². The van der Waals surface area contributed by atoms with Gasteiger partial charge in [-0.25, -0.2) is 9.78 Å². The van der Waals surface area contributed by atoms with Gasteiger partial charge in [0.15, 0.2) is 5.65 Å². The molecule has 1 aromatic carbocycles. The standard InChI is InChI=1S/C23H26N6O2/c1-24-22(30)17-12-18(14-8-9-14)26-21-19(17)20(27-28(21)2)15-10-11-29(13-15)23(31)25-16-6-4-3-5-7-16/h3-7,12,14-15H,8-11,13H2,1-2H3,(H,24,30)(H,25,31). The zero-order valence-electron chi connectivity index (χ0n) is 17.8. The molecule has 1 atom stereocenters. The highest BCUT2D eigenvalue weighted by Crippen LogP contribution is 2.41. The molecule has 160 valence electrons. The molecular formula is C23H26N6O2. The number of hydrogen-bond donors (Lipinski definition) is 2. The van der Waals surface area contributed by atoms with E-state index < -0.39 is 0 Å². The third kappa shape index (κ3) is 3.62. The van der Waals surface area contributed by atoms with Gasteiger partial charge in [-0.2, -0.15) is 5.10 Å². The Balaban J connectivity index is 1.45. The minimum Gasteiger partial charge on any atom is -0.355 e. The Morgan fingerprint density at radius 3 is 2.58 bits per heavy atom. The van der Waals surface area contributed by atoms with E-state index in [9.17, 15) is 9.59 Å². The van der Waals surface area contributed by atoms with E-state index in [1.807, 2.05) is 48.3 Å². The number of likely N-dealkylation sites (tertiary alicyclic amines) is 1. The summed E-state index contributed by atoms with van der Waals surface area (Å²) in [5.41, 5.74) is 3.96. The molecule has 2 fully saturated rings. The van der Waals surface area contributed by atoms with Gasteiger partial charge < -0.3 is 15.5 Å². The van der Waals surface area contributed by atoms with Crippen LogP contribution in [0.3, 0.4) is 0 Å². The molecule has 2 aliphatic rings. The molecule has 1 saturated carbocycles. The minimum absolute atomic E-state index is 0.0576. The predicted molar refractivity (Wildman–Crippen MR) is 118 cm³/mol. The van der Waals surface area contributed by atoms with E-state index in [2.05, 4.69) is 10.6 Å². The van der Waals surface area contributed by atoms with Crippen molar-refractivity contribution in [1.82, 2.24) is 25.0 Å². The molecule has 5 rings (SSSR count). The Kier molecular flexibility index (Phi) is 4.84. The number of carbonyl (C=O) groups excluding carboxylic acids is 2. The molecule has 0 spiro atoms. The van der Waals surface area contributed by atoms with Crippen LogP contribution in [0.5, 0.6) is 0 Å². The van der Waals surface area contributed by atoms with Crippen molar-refractivity contribution in [2.75, 3.05) is 25.5 Å². The molecule has 2 aromatic heterocycles. The van der Waals surface area contributed by atoms with Gasteiger partial charge in [-0.1, -0.05) is 18.2 Å². The first kappa shape index (κ1) is 19.5. The van der Waals surface area contributed by atoms with Gasteiger partial charge in [-0.05, 0) is 37.5 Å². The van der Waals surface area contributed by atoms with Gasteiger partial charge in [0.2, 0.25) is 0 Å². The van der Waals surface area contributed by atoms with Gasteiger partial charge >= 0.3 is 6.03 Å². The number of benzene rings is 1. The first-order valence-corrected chi connectivity index (χ1v) is 10.8. The predicted octanol–water partition coefficient (Wildman–Crippen LogP) is 3.23. The number of urea groups is 1. The smallest absolute Gasteiger partial charge is 0.321 e. The maximum absolute atomic E-state index is 12.7. The van der Waals surface area contributed by atoms with Gasteiger partial charge in [-0.15, -0.1) is 0 Å². The zero-order chi connectivity index (χ0) is 21.5. The third-order valence-corrected chi connectivity index (χ3v) is 6.20. The number of amides is 3. The quantitative estimate of drug-likeness (QED) is 0.680. The first-order valence-electron chi connectivity index (χ1n) is 10.8. The van der Waals surface area contributed by atoms with E-state index in [0.717, 1.165) is 47.4 Å². The van der Waals surface area contributed by atoms with Gasteiger partial charge in [0.1, 0.15) is 0 Å². The van der Waals surface area contributed by atoms with Gasteiger partial charge in [0, 0.05) is 50.4 Å². The molecule has 8 nitrogen and oxygen atoms in total. The van der Waals surface area contributed by atoms with Crippen LogP contribution in [-0.2, 0) is 7.05 Å².